The third-order valence-corrected chi connectivity index (χ3v) is 6.20. The van der Waals surface area contributed by atoms with Gasteiger partial charge in [-0.25, -0.2) is 18.6 Å². The number of aliphatic imine (C=N–C) groups is 1. The zero-order valence-electron chi connectivity index (χ0n) is 16.5. The van der Waals surface area contributed by atoms with Crippen molar-refractivity contribution in [2.75, 3.05) is 4.90 Å². The molecule has 2 aliphatic rings. The first kappa shape index (κ1) is 19.9. The Hall–Kier alpha value is -3.00. The molecule has 2 amide bonds. The number of anilines is 1. The van der Waals surface area contributed by atoms with E-state index in [9.17, 15) is 9.18 Å². The van der Waals surface area contributed by atoms with Crippen LogP contribution in [0.5, 0.6) is 0 Å². The minimum atomic E-state index is -1.09. The zero-order valence-corrected chi connectivity index (χ0v) is 17.3. The van der Waals surface area contributed by atoms with Gasteiger partial charge in [0.2, 0.25) is 0 Å². The molecule has 2 heterocycles. The normalized spacial score (nSPS) is 21.3. The summed E-state index contributed by atoms with van der Waals surface area (Å²) in [7, 11) is 0. The maximum Gasteiger partial charge on any atom is 0.328 e. The van der Waals surface area contributed by atoms with Crippen molar-refractivity contribution in [3.05, 3.63) is 58.9 Å². The maximum absolute atomic E-state index is 15.1. The Balaban J connectivity index is 1.66. The third kappa shape index (κ3) is 3.54. The number of rotatable bonds is 3. The van der Waals surface area contributed by atoms with Gasteiger partial charge in [-0.1, -0.05) is 30.9 Å². The molecular formula is C22H20ClF2N5O. The van der Waals surface area contributed by atoms with Crippen molar-refractivity contribution < 1.29 is 13.6 Å². The molecule has 2 aromatic carbocycles. The Kier molecular flexibility index (Phi) is 5.09. The Morgan fingerprint density at radius 2 is 1.94 bits per heavy atom. The number of H-pyrrole nitrogens is 1. The lowest BCUT2D eigenvalue weighted by Gasteiger charge is -2.25. The molecule has 1 saturated carbocycles. The van der Waals surface area contributed by atoms with E-state index in [0.29, 0.717) is 11.2 Å². The predicted octanol–water partition coefficient (Wildman–Crippen LogP) is 5.50. The van der Waals surface area contributed by atoms with Crippen LogP contribution in [0.4, 0.5) is 19.3 Å². The van der Waals surface area contributed by atoms with Crippen molar-refractivity contribution in [1.82, 2.24) is 15.3 Å². The fourth-order valence-electron chi connectivity index (χ4n) is 4.38. The summed E-state index contributed by atoms with van der Waals surface area (Å²) in [5, 5.41) is 2.53. The van der Waals surface area contributed by atoms with Crippen LogP contribution >= 0.6 is 11.6 Å². The number of carbonyl (C=O) groups is 1. The molecular weight excluding hydrogens is 424 g/mol. The predicted molar refractivity (Wildman–Crippen MR) is 116 cm³/mol. The van der Waals surface area contributed by atoms with Gasteiger partial charge in [0.05, 0.1) is 34.0 Å². The fraction of sp³-hybridized carbons (Fsp3) is 0.318. The summed E-state index contributed by atoms with van der Waals surface area (Å²) in [6, 6.07) is 5.85. The van der Waals surface area contributed by atoms with E-state index in [2.05, 4.69) is 15.3 Å². The maximum atomic E-state index is 15.1. The lowest BCUT2D eigenvalue weighted by Crippen LogP contribution is -2.30. The number of aromatic amines is 1. The van der Waals surface area contributed by atoms with Crippen molar-refractivity contribution >= 4 is 40.2 Å². The van der Waals surface area contributed by atoms with Crippen molar-refractivity contribution in [2.45, 2.75) is 44.2 Å². The summed E-state index contributed by atoms with van der Waals surface area (Å²) in [6.45, 7) is 0. The van der Waals surface area contributed by atoms with E-state index >= 15 is 4.39 Å². The summed E-state index contributed by atoms with van der Waals surface area (Å²) >= 11 is 5.98. The van der Waals surface area contributed by atoms with Gasteiger partial charge in [0.1, 0.15) is 23.5 Å². The van der Waals surface area contributed by atoms with Crippen molar-refractivity contribution in [3.63, 3.8) is 0 Å². The molecule has 1 unspecified atom stereocenters. The number of benzene rings is 2. The van der Waals surface area contributed by atoms with E-state index in [1.807, 2.05) is 0 Å². The fourth-order valence-corrected chi connectivity index (χ4v) is 4.55. The number of nitrogens with zero attached hydrogens (tertiary/aromatic N) is 3. The number of nitrogens with one attached hydrogen (secondary N) is 2. The highest BCUT2D eigenvalue weighted by Gasteiger charge is 2.42. The van der Waals surface area contributed by atoms with Crippen LogP contribution < -0.4 is 10.2 Å². The summed E-state index contributed by atoms with van der Waals surface area (Å²) < 4.78 is 30.0. The minimum Gasteiger partial charge on any atom is -0.345 e. The molecule has 2 N–H and O–H groups in total. The van der Waals surface area contributed by atoms with E-state index in [-0.39, 0.29) is 22.5 Å². The van der Waals surface area contributed by atoms with Crippen molar-refractivity contribution in [2.24, 2.45) is 4.99 Å². The van der Waals surface area contributed by atoms with Gasteiger partial charge in [0.15, 0.2) is 0 Å². The van der Waals surface area contributed by atoms with Crippen LogP contribution in [0.1, 0.15) is 43.7 Å². The molecule has 0 bridgehead atoms. The molecule has 0 spiro atoms. The van der Waals surface area contributed by atoms with E-state index in [1.165, 1.54) is 4.90 Å². The monoisotopic (exact) mass is 443 g/mol. The van der Waals surface area contributed by atoms with Crippen LogP contribution in [0.15, 0.2) is 41.7 Å². The van der Waals surface area contributed by atoms with Gasteiger partial charge in [-0.3, -0.25) is 15.2 Å². The molecule has 1 aromatic heterocycles. The lowest BCUT2D eigenvalue weighted by molar-refractivity contribution is 0.252. The van der Waals surface area contributed by atoms with Gasteiger partial charge >= 0.3 is 6.03 Å². The summed E-state index contributed by atoms with van der Waals surface area (Å²) in [4.78, 5) is 26.3. The first-order valence-electron chi connectivity index (χ1n) is 10.3. The average molecular weight is 444 g/mol. The largest absolute Gasteiger partial charge is 0.345 e. The number of carbonyl (C=O) groups excluding carboxylic acids is 1. The van der Waals surface area contributed by atoms with Crippen LogP contribution in [-0.2, 0) is 0 Å². The standard InChI is InChI=1S/C22H20ClF2N5O/c23-14-7-8-15(24)18(19(14)25)20-21(28-12-4-2-1-3-5-12)29-22(31)30(20)13-6-9-16-17(10-13)27-11-26-16/h6-12,20H,1-5H2,(H,26,27)(H,28,29,31). The molecule has 160 valence electrons. The molecule has 9 heteroatoms. The highest BCUT2D eigenvalue weighted by molar-refractivity contribution is 6.31. The molecule has 2 fully saturated rings. The molecule has 5 rings (SSSR count). The Bertz CT molecular complexity index is 1190. The number of halogens is 3. The van der Waals surface area contributed by atoms with Crippen LogP contribution in [0.25, 0.3) is 11.0 Å². The number of urea groups is 1. The minimum absolute atomic E-state index is 0.00521. The summed E-state index contributed by atoms with van der Waals surface area (Å²) in [6.07, 6.45) is 6.53. The van der Waals surface area contributed by atoms with Gasteiger partial charge in [-0.2, -0.15) is 0 Å². The average Bonchev–Trinajstić information content (AvgIpc) is 3.35. The highest BCUT2D eigenvalue weighted by Crippen LogP contribution is 2.38. The van der Waals surface area contributed by atoms with Gasteiger partial charge < -0.3 is 4.98 Å². The number of fused-ring (bicyclic) bond motifs is 1. The topological polar surface area (TPSA) is 73.4 Å². The number of aromatic nitrogens is 2. The molecule has 1 aliphatic heterocycles. The smallest absolute Gasteiger partial charge is 0.328 e. The van der Waals surface area contributed by atoms with E-state index in [0.717, 1.165) is 49.8 Å². The van der Waals surface area contributed by atoms with Gasteiger partial charge in [0, 0.05) is 5.69 Å². The number of amides is 2. The van der Waals surface area contributed by atoms with Crippen LogP contribution in [0.2, 0.25) is 5.02 Å². The number of hydrogen-bond acceptors (Lipinski definition) is 3. The summed E-state index contributed by atoms with van der Waals surface area (Å²) in [5.41, 5.74) is 1.57. The van der Waals surface area contributed by atoms with Crippen molar-refractivity contribution in [1.29, 1.82) is 0 Å². The Morgan fingerprint density at radius 1 is 1.13 bits per heavy atom. The van der Waals surface area contributed by atoms with E-state index < -0.39 is 23.7 Å². The Morgan fingerprint density at radius 3 is 2.74 bits per heavy atom. The Labute approximate surface area is 182 Å². The van der Waals surface area contributed by atoms with E-state index in [1.54, 1.807) is 24.5 Å². The molecule has 1 atom stereocenters. The molecule has 1 saturated heterocycles. The SMILES string of the molecule is O=C1N/C(=N/C2CCCCC2)C(c2c(F)ccc(Cl)c2F)N1c1ccc2[nH]cnc2c1. The molecule has 31 heavy (non-hydrogen) atoms. The van der Waals surface area contributed by atoms with Crippen LogP contribution in [0, 0.1) is 11.6 Å². The second kappa shape index (κ2) is 7.92. The van der Waals surface area contributed by atoms with Gasteiger partial charge in [-0.05, 0) is 43.2 Å². The molecule has 6 nitrogen and oxygen atoms in total. The summed E-state index contributed by atoms with van der Waals surface area (Å²) in [5.74, 6) is -1.45. The number of amidine groups is 1. The second-order valence-electron chi connectivity index (χ2n) is 7.87. The first-order chi connectivity index (χ1) is 15.0. The lowest BCUT2D eigenvalue weighted by atomic mass is 9.95. The first-order valence-corrected chi connectivity index (χ1v) is 10.6. The van der Waals surface area contributed by atoms with Crippen LogP contribution in [0.3, 0.4) is 0 Å². The second-order valence-corrected chi connectivity index (χ2v) is 8.28. The van der Waals surface area contributed by atoms with Gasteiger partial charge in [0.25, 0.3) is 0 Å². The zero-order chi connectivity index (χ0) is 21.5. The number of imidazole rings is 1. The van der Waals surface area contributed by atoms with Crippen LogP contribution in [-0.4, -0.2) is 27.9 Å². The highest BCUT2D eigenvalue weighted by atomic mass is 35.5. The third-order valence-electron chi connectivity index (χ3n) is 5.90. The molecule has 1 aliphatic carbocycles. The molecule has 3 aromatic rings. The number of hydrogen-bond donors (Lipinski definition) is 2. The molecule has 0 radical (unpaired) electrons. The van der Waals surface area contributed by atoms with E-state index in [4.69, 9.17) is 16.6 Å². The van der Waals surface area contributed by atoms with Crippen molar-refractivity contribution in [3.8, 4) is 0 Å². The van der Waals surface area contributed by atoms with Gasteiger partial charge in [-0.15, -0.1) is 0 Å². The quantitative estimate of drug-likeness (QED) is 0.525.